The van der Waals surface area contributed by atoms with Crippen LogP contribution in [0.5, 0.6) is 0 Å². The van der Waals surface area contributed by atoms with Crippen molar-refractivity contribution in [1.82, 2.24) is 14.5 Å². The van der Waals surface area contributed by atoms with Crippen molar-refractivity contribution < 1.29 is 24.5 Å². The summed E-state index contributed by atoms with van der Waals surface area (Å²) in [5.41, 5.74) is 25.1. The third-order valence-electron chi connectivity index (χ3n) is 15.8. The number of fused-ring (bicyclic) bond motifs is 7. The molecule has 0 bridgehead atoms. The molecule has 2 aliphatic rings. The second-order valence-electron chi connectivity index (χ2n) is 25.3. The summed E-state index contributed by atoms with van der Waals surface area (Å²) in [7, 11) is 0. The average Bonchev–Trinajstić information content (AvgIpc) is 3.97. The summed E-state index contributed by atoms with van der Waals surface area (Å²) in [6.07, 6.45) is 3.67. The summed E-state index contributed by atoms with van der Waals surface area (Å²) < 4.78 is 15.3. The van der Waals surface area contributed by atoms with Crippen molar-refractivity contribution in [1.29, 1.82) is 0 Å². The molecular formula is C70H68BFIrN4-2. The van der Waals surface area contributed by atoms with E-state index in [-0.39, 0.29) is 54.3 Å². The molecule has 2 aliphatic heterocycles. The van der Waals surface area contributed by atoms with Crippen LogP contribution in [0.2, 0.25) is 0 Å². The summed E-state index contributed by atoms with van der Waals surface area (Å²) in [4.78, 5) is 11.5. The minimum atomic E-state index is -0.275. The van der Waals surface area contributed by atoms with Crippen LogP contribution in [0, 0.1) is 31.8 Å². The Labute approximate surface area is 470 Å². The van der Waals surface area contributed by atoms with Gasteiger partial charge in [-0.3, -0.25) is 4.39 Å². The van der Waals surface area contributed by atoms with Gasteiger partial charge in [0.05, 0.1) is 5.52 Å². The van der Waals surface area contributed by atoms with E-state index in [1.807, 2.05) is 44.4 Å². The van der Waals surface area contributed by atoms with Crippen molar-refractivity contribution in [3.8, 4) is 39.3 Å². The van der Waals surface area contributed by atoms with E-state index in [1.165, 1.54) is 106 Å². The van der Waals surface area contributed by atoms with E-state index in [2.05, 4.69) is 224 Å². The molecule has 0 spiro atoms. The van der Waals surface area contributed by atoms with E-state index in [1.54, 1.807) is 6.07 Å². The van der Waals surface area contributed by atoms with Gasteiger partial charge in [-0.1, -0.05) is 154 Å². The molecule has 1 radical (unpaired) electrons. The van der Waals surface area contributed by atoms with Crippen LogP contribution < -0.4 is 21.3 Å². The Kier molecular flexibility index (Phi) is 13.6. The Morgan fingerprint density at radius 1 is 0.494 bits per heavy atom. The minimum Gasteiger partial charge on any atom is -0.311 e. The fourth-order valence-corrected chi connectivity index (χ4v) is 11.1. The number of nitrogens with zero attached hydrogens (tertiary/aromatic N) is 4. The first-order valence-corrected chi connectivity index (χ1v) is 26.8. The molecule has 4 nitrogen and oxygen atoms in total. The van der Waals surface area contributed by atoms with Crippen LogP contribution in [0.4, 0.5) is 21.5 Å². The zero-order valence-corrected chi connectivity index (χ0v) is 49.5. The van der Waals surface area contributed by atoms with Crippen LogP contribution in [0.15, 0.2) is 158 Å². The second-order valence-corrected chi connectivity index (χ2v) is 25.3. The Morgan fingerprint density at radius 2 is 1.10 bits per heavy atom. The number of hydrogen-bond acceptors (Lipinski definition) is 3. The molecule has 7 heteroatoms. The van der Waals surface area contributed by atoms with Crippen LogP contribution in [-0.2, 0) is 41.8 Å². The number of halogens is 1. The van der Waals surface area contributed by atoms with Gasteiger partial charge < -0.3 is 19.4 Å². The molecule has 0 fully saturated rings. The molecule has 389 valence electrons. The SMILES string of the molecule is CC(C)(C)c1ccc(N2c3ccc(C(C)(C)C)cc3B3c4c2cc(-c2c[c-]c(-c5ccccn5)cc2)cc4-n2c4ccc(C(C)(C)C)cc4c4cc(C(C)(C)C)cc3c42)cc1.Cc1cnc(-c2[c-]cc(F)cc2)cc1C.[Ir]. The number of rotatable bonds is 4. The molecule has 10 aromatic rings. The summed E-state index contributed by atoms with van der Waals surface area (Å²) in [6.45, 7) is 32.0. The molecule has 77 heavy (non-hydrogen) atoms. The predicted octanol–water partition coefficient (Wildman–Crippen LogP) is 16.4. The molecule has 0 saturated carbocycles. The minimum absolute atomic E-state index is 0. The van der Waals surface area contributed by atoms with Crippen molar-refractivity contribution in [2.75, 3.05) is 4.90 Å². The first-order valence-electron chi connectivity index (χ1n) is 26.8. The summed E-state index contributed by atoms with van der Waals surface area (Å²) in [6, 6.07) is 59.3. The van der Waals surface area contributed by atoms with Gasteiger partial charge in [0.1, 0.15) is 0 Å². The maximum absolute atomic E-state index is 12.7. The number of hydrogen-bond donors (Lipinski definition) is 0. The summed E-state index contributed by atoms with van der Waals surface area (Å²) in [5, 5.41) is 2.65. The molecule has 7 aromatic carbocycles. The molecule has 5 heterocycles. The number of benzene rings is 7. The van der Waals surface area contributed by atoms with E-state index in [9.17, 15) is 4.39 Å². The smallest absolute Gasteiger partial charge is 0.252 e. The Balaban J connectivity index is 0.000000362. The molecule has 0 unspecified atom stereocenters. The molecule has 0 atom stereocenters. The normalized spacial score (nSPS) is 13.0. The summed E-state index contributed by atoms with van der Waals surface area (Å²) >= 11 is 0. The largest absolute Gasteiger partial charge is 0.311 e. The standard InChI is InChI=1S/C57H57BN3.C13H11FN.Ir/c1-54(2,3)38-20-24-42(25-21-38)60-49-27-23-40(56(7,8)9)33-45(49)58-46-34-41(57(10,11)12)32-44-43-31-39(55(4,5)6)22-26-48(43)61(53(44)46)51-30-37(29-50(60)52(51)58)35-16-18-36(19-17-35)47-15-13-14-28-59-47;1-9-7-13(15-8-10(9)2)11-3-5-12(14)6-4-11;/h13-18,20-34H,1-12H3;3,5-8H,1-2H3;/q2*-1;. The predicted molar refractivity (Wildman–Crippen MR) is 320 cm³/mol. The van der Waals surface area contributed by atoms with Gasteiger partial charge in [0.2, 0.25) is 0 Å². The molecule has 3 aromatic heterocycles. The van der Waals surface area contributed by atoms with E-state index in [0.29, 0.717) is 0 Å². The molecule has 0 aliphatic carbocycles. The summed E-state index contributed by atoms with van der Waals surface area (Å²) in [5.74, 6) is -0.275. The van der Waals surface area contributed by atoms with E-state index < -0.39 is 0 Å². The average molecular weight is 1190 g/mol. The first kappa shape index (κ1) is 53.5. The molecule has 0 saturated heterocycles. The van der Waals surface area contributed by atoms with Crippen LogP contribution in [-0.4, -0.2) is 21.2 Å². The fraction of sp³-hybridized carbons (Fsp3) is 0.257. The van der Waals surface area contributed by atoms with Gasteiger partial charge in [-0.15, -0.1) is 59.7 Å². The van der Waals surface area contributed by atoms with Gasteiger partial charge >= 0.3 is 0 Å². The van der Waals surface area contributed by atoms with Gasteiger partial charge in [-0.25, -0.2) is 0 Å². The molecular weight excluding hydrogens is 1120 g/mol. The van der Waals surface area contributed by atoms with Crippen molar-refractivity contribution in [3.05, 3.63) is 209 Å². The molecule has 0 N–H and O–H groups in total. The van der Waals surface area contributed by atoms with Crippen LogP contribution in [0.3, 0.4) is 0 Å². The maximum Gasteiger partial charge on any atom is 0.252 e. The fourth-order valence-electron chi connectivity index (χ4n) is 11.1. The maximum atomic E-state index is 12.7. The topological polar surface area (TPSA) is 34.0 Å². The third-order valence-corrected chi connectivity index (χ3v) is 15.8. The zero-order valence-electron chi connectivity index (χ0n) is 47.1. The van der Waals surface area contributed by atoms with Gasteiger partial charge in [-0.2, -0.15) is 0 Å². The second kappa shape index (κ2) is 19.5. The molecule has 12 rings (SSSR count). The van der Waals surface area contributed by atoms with Crippen LogP contribution in [0.1, 0.15) is 116 Å². The Morgan fingerprint density at radius 3 is 1.73 bits per heavy atom. The Bertz CT molecular complexity index is 3870. The van der Waals surface area contributed by atoms with Crippen molar-refractivity contribution in [2.24, 2.45) is 0 Å². The number of anilines is 3. The van der Waals surface area contributed by atoms with Crippen LogP contribution in [0.25, 0.3) is 61.1 Å². The Hall–Kier alpha value is -6.92. The van der Waals surface area contributed by atoms with Crippen molar-refractivity contribution in [3.63, 3.8) is 0 Å². The zero-order chi connectivity index (χ0) is 53.8. The third kappa shape index (κ3) is 9.80. The van der Waals surface area contributed by atoms with Crippen molar-refractivity contribution >= 4 is 62.0 Å². The van der Waals surface area contributed by atoms with Gasteiger partial charge in [0, 0.05) is 77.4 Å². The first-order chi connectivity index (χ1) is 35.9. The van der Waals surface area contributed by atoms with Gasteiger partial charge in [0.15, 0.2) is 0 Å². The van der Waals surface area contributed by atoms with E-state index in [0.717, 1.165) is 33.6 Å². The molecule has 0 amide bonds. The van der Waals surface area contributed by atoms with Crippen LogP contribution >= 0.6 is 0 Å². The van der Waals surface area contributed by atoms with Gasteiger partial charge in [0.25, 0.3) is 6.71 Å². The number of pyridine rings is 2. The monoisotopic (exact) mass is 1190 g/mol. The number of aromatic nitrogens is 3. The quantitative estimate of drug-likeness (QED) is 0.130. The van der Waals surface area contributed by atoms with E-state index in [4.69, 9.17) is 0 Å². The van der Waals surface area contributed by atoms with Gasteiger partial charge in [-0.05, 0) is 146 Å². The number of aryl methyl sites for hydroxylation is 2. The van der Waals surface area contributed by atoms with E-state index >= 15 is 0 Å². The van der Waals surface area contributed by atoms with Crippen molar-refractivity contribution in [2.45, 2.75) is 119 Å².